The monoisotopic (exact) mass is 623 g/mol. The van der Waals surface area contributed by atoms with Crippen LogP contribution >= 0.6 is 0 Å². The summed E-state index contributed by atoms with van der Waals surface area (Å²) in [6.07, 6.45) is -3.82. The van der Waals surface area contributed by atoms with Crippen LogP contribution in [0.2, 0.25) is 0 Å². The molecule has 7 fully saturated rings. The summed E-state index contributed by atoms with van der Waals surface area (Å²) in [5.74, 6) is -3.81. The molecule has 0 aromatic heterocycles. The van der Waals surface area contributed by atoms with Crippen molar-refractivity contribution in [1.82, 2.24) is 0 Å². The van der Waals surface area contributed by atoms with Gasteiger partial charge in [-0.15, -0.1) is 0 Å². The number of esters is 4. The van der Waals surface area contributed by atoms with E-state index in [1.165, 1.54) is 6.42 Å². The first-order chi connectivity index (χ1) is 19.6. The number of rotatable bonds is 10. The van der Waals surface area contributed by atoms with Crippen molar-refractivity contribution in [3.8, 4) is 0 Å². The molecule has 4 aliphatic carbocycles. The summed E-state index contributed by atoms with van der Waals surface area (Å²) in [5.41, 5.74) is -0.665. The van der Waals surface area contributed by atoms with Crippen molar-refractivity contribution < 1.29 is 69.0 Å². The van der Waals surface area contributed by atoms with Gasteiger partial charge in [-0.05, 0) is 62.7 Å². The van der Waals surface area contributed by atoms with Crippen molar-refractivity contribution in [1.29, 1.82) is 0 Å². The molecule has 7 unspecified atom stereocenters. The second-order valence-corrected chi connectivity index (χ2v) is 14.0. The molecule has 7 atom stereocenters. The Morgan fingerprint density at radius 1 is 1.02 bits per heavy atom. The van der Waals surface area contributed by atoms with Gasteiger partial charge in [-0.2, -0.15) is 8.78 Å². The van der Waals surface area contributed by atoms with Crippen LogP contribution in [0.4, 0.5) is 13.2 Å². The van der Waals surface area contributed by atoms with Gasteiger partial charge in [0.15, 0.2) is 22.3 Å². The highest BCUT2D eigenvalue weighted by Gasteiger charge is 2.72. The minimum atomic E-state index is -6.33. The Balaban J connectivity index is 1.05. The molecule has 16 heteroatoms. The minimum Gasteiger partial charge on any atom is -0.743 e. The Morgan fingerprint density at radius 3 is 2.21 bits per heavy atom. The Hall–Kier alpha value is -2.46. The van der Waals surface area contributed by atoms with E-state index >= 15 is 0 Å². The van der Waals surface area contributed by atoms with Gasteiger partial charge in [-0.25, -0.2) is 12.8 Å². The molecule has 42 heavy (non-hydrogen) atoms. The van der Waals surface area contributed by atoms with Gasteiger partial charge in [-0.1, -0.05) is 0 Å². The number of fused-ring (bicyclic) bond motifs is 1. The predicted octanol–water partition coefficient (Wildman–Crippen LogP) is 1.39. The first kappa shape index (κ1) is 29.6. The minimum absolute atomic E-state index is 0.234. The zero-order valence-corrected chi connectivity index (χ0v) is 23.3. The van der Waals surface area contributed by atoms with E-state index in [0.29, 0.717) is 11.8 Å². The van der Waals surface area contributed by atoms with Gasteiger partial charge >= 0.3 is 29.1 Å². The number of ether oxygens (including phenoxy) is 5. The lowest BCUT2D eigenvalue weighted by Gasteiger charge is -2.59. The molecule has 0 radical (unpaired) electrons. The van der Waals surface area contributed by atoms with Crippen LogP contribution in [-0.2, 0) is 53.0 Å². The van der Waals surface area contributed by atoms with Gasteiger partial charge in [0, 0.05) is 0 Å². The highest BCUT2D eigenvalue weighted by Crippen LogP contribution is 2.60. The molecule has 0 spiro atoms. The van der Waals surface area contributed by atoms with Crippen molar-refractivity contribution in [2.24, 2.45) is 35.5 Å². The molecule has 12 nitrogen and oxygen atoms in total. The van der Waals surface area contributed by atoms with Crippen LogP contribution in [0.25, 0.3) is 0 Å². The first-order valence-corrected chi connectivity index (χ1v) is 15.4. The highest BCUT2D eigenvalue weighted by molar-refractivity contribution is 7.86. The number of halogens is 3. The van der Waals surface area contributed by atoms with Crippen LogP contribution < -0.4 is 0 Å². The molecule has 6 bridgehead atoms. The fraction of sp³-hybridized carbons (Fsp3) is 0.846. The van der Waals surface area contributed by atoms with Crippen molar-refractivity contribution in [3.05, 3.63) is 0 Å². The van der Waals surface area contributed by atoms with E-state index in [1.807, 2.05) is 6.92 Å². The van der Waals surface area contributed by atoms with Crippen molar-refractivity contribution in [3.63, 3.8) is 0 Å². The Labute approximate surface area is 238 Å². The van der Waals surface area contributed by atoms with Gasteiger partial charge in [0.2, 0.25) is 6.17 Å². The molecule has 7 rings (SSSR count). The Morgan fingerprint density at radius 2 is 1.62 bits per heavy atom. The van der Waals surface area contributed by atoms with Gasteiger partial charge < -0.3 is 28.2 Å². The smallest absolute Gasteiger partial charge is 0.368 e. The van der Waals surface area contributed by atoms with Crippen LogP contribution in [0.3, 0.4) is 0 Å². The number of carbonyl (C=O) groups is 4. The summed E-state index contributed by atoms with van der Waals surface area (Å²) < 4.78 is 98.3. The molecule has 0 aromatic rings. The second kappa shape index (κ2) is 10.0. The topological polar surface area (TPSA) is 172 Å². The summed E-state index contributed by atoms with van der Waals surface area (Å²) in [7, 11) is -6.33. The zero-order chi connectivity index (χ0) is 30.4. The van der Waals surface area contributed by atoms with E-state index in [9.17, 15) is 45.3 Å². The standard InChI is InChI=1S/C26H31F3O12S/c1-25(12-5-10-4-11(7-12)8-13(25)6-10)41-24(33)18-17-19-22(40-23(17)32)21(20(18)39-19)38-16(31)3-2-15(30)37-9-14(27)26(28,29)42(34,35)36/h10-14,17-22H,2-9H2,1H3,(H,34,35,36)/p-1. The summed E-state index contributed by atoms with van der Waals surface area (Å²) in [5, 5.41) is -5.31. The average molecular weight is 624 g/mol. The zero-order valence-electron chi connectivity index (χ0n) is 22.4. The molecular formula is C26H30F3O12S-. The van der Waals surface area contributed by atoms with Crippen LogP contribution in [-0.4, -0.2) is 84.9 Å². The third kappa shape index (κ3) is 4.68. The van der Waals surface area contributed by atoms with Crippen molar-refractivity contribution in [2.45, 2.75) is 93.3 Å². The predicted molar refractivity (Wildman–Crippen MR) is 127 cm³/mol. The van der Waals surface area contributed by atoms with Gasteiger partial charge in [0.25, 0.3) is 0 Å². The maximum absolute atomic E-state index is 13.6. The molecule has 234 valence electrons. The molecule has 3 heterocycles. The van der Waals surface area contributed by atoms with E-state index in [-0.39, 0.29) is 11.8 Å². The van der Waals surface area contributed by atoms with E-state index in [0.717, 1.165) is 25.7 Å². The van der Waals surface area contributed by atoms with E-state index in [4.69, 9.17) is 18.9 Å². The fourth-order valence-corrected chi connectivity index (χ4v) is 8.60. The molecular weight excluding hydrogens is 593 g/mol. The van der Waals surface area contributed by atoms with Gasteiger partial charge in [-0.3, -0.25) is 19.2 Å². The maximum Gasteiger partial charge on any atom is 0.368 e. The number of carbonyl (C=O) groups excluding carboxylic acids is 4. The summed E-state index contributed by atoms with van der Waals surface area (Å²) >= 11 is 0. The van der Waals surface area contributed by atoms with E-state index in [2.05, 4.69) is 4.74 Å². The second-order valence-electron chi connectivity index (χ2n) is 12.5. The highest BCUT2D eigenvalue weighted by atomic mass is 32.2. The van der Waals surface area contributed by atoms with Gasteiger partial charge in [0.1, 0.15) is 36.3 Å². The SMILES string of the molecule is CC1(OC(=O)C2C3OC4C(OC(=O)C42)C3OC(=O)CCC(=O)OCC(F)C(F)(F)S(=O)(=O)[O-])C2CC3CC(C2)CC1C3. The van der Waals surface area contributed by atoms with Crippen molar-refractivity contribution in [2.75, 3.05) is 6.61 Å². The molecule has 0 amide bonds. The van der Waals surface area contributed by atoms with Crippen LogP contribution in [0.15, 0.2) is 0 Å². The Kier molecular flexibility index (Phi) is 7.08. The maximum atomic E-state index is 13.6. The lowest BCUT2D eigenvalue weighted by atomic mass is 9.50. The number of alkyl halides is 3. The molecule has 0 N–H and O–H groups in total. The molecule has 4 saturated carbocycles. The van der Waals surface area contributed by atoms with Crippen LogP contribution in [0.1, 0.15) is 51.9 Å². The normalized spacial score (nSPS) is 41.9. The van der Waals surface area contributed by atoms with E-state index in [1.54, 1.807) is 0 Å². The average Bonchev–Trinajstić information content (AvgIpc) is 3.52. The van der Waals surface area contributed by atoms with Crippen LogP contribution in [0.5, 0.6) is 0 Å². The summed E-state index contributed by atoms with van der Waals surface area (Å²) in [6, 6.07) is 0. The van der Waals surface area contributed by atoms with E-state index < -0.39 is 107 Å². The third-order valence-electron chi connectivity index (χ3n) is 10.1. The Bertz CT molecular complexity index is 1260. The fourth-order valence-electron chi connectivity index (χ4n) is 8.22. The largest absolute Gasteiger partial charge is 0.743 e. The number of hydrogen-bond acceptors (Lipinski definition) is 12. The van der Waals surface area contributed by atoms with Gasteiger partial charge in [0.05, 0.1) is 12.8 Å². The molecule has 3 aliphatic heterocycles. The van der Waals surface area contributed by atoms with Crippen LogP contribution in [0, 0.1) is 35.5 Å². The molecule has 7 aliphatic rings. The summed E-state index contributed by atoms with van der Waals surface area (Å²) in [6.45, 7) is 0.234. The van der Waals surface area contributed by atoms with Crippen molar-refractivity contribution >= 4 is 34.0 Å². The molecule has 0 aromatic carbocycles. The quantitative estimate of drug-likeness (QED) is 0.195. The lowest BCUT2D eigenvalue weighted by Crippen LogP contribution is -2.59. The number of hydrogen-bond donors (Lipinski definition) is 0. The first-order valence-electron chi connectivity index (χ1n) is 14.0. The third-order valence-corrected chi connectivity index (χ3v) is 11.1. The lowest BCUT2D eigenvalue weighted by molar-refractivity contribution is -0.210. The summed E-state index contributed by atoms with van der Waals surface area (Å²) in [4.78, 5) is 50.6. The molecule has 3 saturated heterocycles.